The van der Waals surface area contributed by atoms with Gasteiger partial charge in [-0.25, -0.2) is 9.59 Å². The zero-order valence-corrected chi connectivity index (χ0v) is 22.5. The lowest BCUT2D eigenvalue weighted by Crippen LogP contribution is -2.49. The molecule has 4 unspecified atom stereocenters. The summed E-state index contributed by atoms with van der Waals surface area (Å²) in [7, 11) is 1.12. The fourth-order valence-electron chi connectivity index (χ4n) is 2.26. The molecule has 0 heterocycles. The number of nitrogens with one attached hydrogen (secondary N) is 1. The van der Waals surface area contributed by atoms with Gasteiger partial charge in [-0.15, -0.1) is 0 Å². The molecule has 1 amide bonds. The van der Waals surface area contributed by atoms with E-state index in [1.54, 1.807) is 20.8 Å². The average molecular weight is 549 g/mol. The van der Waals surface area contributed by atoms with Crippen LogP contribution in [0.4, 0.5) is 0 Å². The highest BCUT2D eigenvalue weighted by atomic mass is 35.6. The second-order valence-corrected chi connectivity index (χ2v) is 10.8. The Morgan fingerprint density at radius 3 is 1.82 bits per heavy atom. The fraction of sp³-hybridized carbons (Fsp3) is 0.762. The Bertz CT molecular complexity index is 737. The Morgan fingerprint density at radius 2 is 1.38 bits per heavy atom. The Labute approximate surface area is 214 Å². The summed E-state index contributed by atoms with van der Waals surface area (Å²) >= 11 is 16.6. The molecule has 196 valence electrons. The number of carbonyl (C=O) groups excluding carboxylic acids is 5. The minimum absolute atomic E-state index is 0.0236. The largest absolute Gasteiger partial charge is 0.466 e. The Kier molecular flexibility index (Phi) is 13.8. The third kappa shape index (κ3) is 12.1. The molecular weight excluding hydrogens is 517 g/mol. The van der Waals surface area contributed by atoms with Crippen molar-refractivity contribution >= 4 is 64.6 Å². The molecule has 0 saturated heterocycles. The van der Waals surface area contributed by atoms with Crippen molar-refractivity contribution in [3.05, 3.63) is 0 Å². The van der Waals surface area contributed by atoms with Crippen molar-refractivity contribution in [1.82, 2.24) is 5.32 Å². The molecule has 0 aliphatic heterocycles. The van der Waals surface area contributed by atoms with E-state index >= 15 is 0 Å². The Hall–Kier alpha value is -1.78. The molecule has 0 aromatic carbocycles. The smallest absolute Gasteiger partial charge is 0.347 e. The van der Waals surface area contributed by atoms with Crippen LogP contribution in [0.15, 0.2) is 0 Å². The van der Waals surface area contributed by atoms with Crippen LogP contribution in [0.1, 0.15) is 48.0 Å². The van der Waals surface area contributed by atoms with Gasteiger partial charge >= 0.3 is 23.9 Å². The van der Waals surface area contributed by atoms with Crippen molar-refractivity contribution in [1.29, 1.82) is 0 Å². The average Bonchev–Trinajstić information content (AvgIpc) is 2.73. The molecule has 1 N–H and O–H groups in total. The summed E-state index contributed by atoms with van der Waals surface area (Å²) in [5.74, 6) is -5.38. The van der Waals surface area contributed by atoms with Gasteiger partial charge in [0, 0.05) is 5.92 Å². The van der Waals surface area contributed by atoms with Crippen molar-refractivity contribution < 1.29 is 42.9 Å². The second-order valence-electron chi connectivity index (χ2n) is 8.28. The van der Waals surface area contributed by atoms with E-state index in [0.717, 1.165) is 7.11 Å². The van der Waals surface area contributed by atoms with E-state index in [0.29, 0.717) is 0 Å². The number of rotatable bonds is 12. The number of carbonyl (C=O) groups is 5. The number of alkyl halides is 3. The topological polar surface area (TPSA) is 134 Å². The molecule has 0 aromatic heterocycles. The standard InChI is InChI=1S/C21H32Cl3NO9/c1-10(2)12(5)18(28)33-13(6)17(27)25-14(8-15(26)32-9-21(22,23)24)19(29)34-16(11(3)4)20(30)31-7/h10-14,16H,8-9H2,1-7H3,(H,25,27). The minimum Gasteiger partial charge on any atom is -0.466 e. The molecule has 0 bridgehead atoms. The maximum absolute atomic E-state index is 12.8. The summed E-state index contributed by atoms with van der Waals surface area (Å²) in [4.78, 5) is 61.6. The highest BCUT2D eigenvalue weighted by Gasteiger charge is 2.35. The Morgan fingerprint density at radius 1 is 0.824 bits per heavy atom. The van der Waals surface area contributed by atoms with Crippen molar-refractivity contribution in [3.63, 3.8) is 0 Å². The summed E-state index contributed by atoms with van der Waals surface area (Å²) in [5, 5.41) is 2.28. The van der Waals surface area contributed by atoms with E-state index in [9.17, 15) is 24.0 Å². The summed E-state index contributed by atoms with van der Waals surface area (Å²) in [5.41, 5.74) is 0. The van der Waals surface area contributed by atoms with Gasteiger partial charge in [0.25, 0.3) is 5.91 Å². The Balaban J connectivity index is 5.52. The van der Waals surface area contributed by atoms with E-state index in [-0.39, 0.29) is 5.92 Å². The predicted molar refractivity (Wildman–Crippen MR) is 124 cm³/mol. The number of hydrogen-bond acceptors (Lipinski definition) is 9. The highest BCUT2D eigenvalue weighted by molar-refractivity contribution is 6.67. The first-order valence-electron chi connectivity index (χ1n) is 10.5. The van der Waals surface area contributed by atoms with Gasteiger partial charge in [0.2, 0.25) is 9.90 Å². The number of ether oxygens (including phenoxy) is 4. The van der Waals surface area contributed by atoms with Crippen molar-refractivity contribution in [2.75, 3.05) is 13.7 Å². The normalized spacial score (nSPS) is 15.1. The zero-order chi connectivity index (χ0) is 26.8. The minimum atomic E-state index is -1.89. The van der Waals surface area contributed by atoms with Crippen LogP contribution in [-0.2, 0) is 42.9 Å². The summed E-state index contributed by atoms with van der Waals surface area (Å²) in [6, 6.07) is -1.59. The van der Waals surface area contributed by atoms with Gasteiger partial charge < -0.3 is 24.3 Å². The van der Waals surface area contributed by atoms with Crippen LogP contribution in [0.5, 0.6) is 0 Å². The predicted octanol–water partition coefficient (Wildman–Crippen LogP) is 2.74. The molecular formula is C21H32Cl3NO9. The molecule has 0 aromatic rings. The number of methoxy groups -OCH3 is 1. The molecule has 34 heavy (non-hydrogen) atoms. The quantitative estimate of drug-likeness (QED) is 0.222. The molecule has 0 aliphatic carbocycles. The molecule has 0 rings (SSSR count). The van der Waals surface area contributed by atoms with Crippen LogP contribution in [-0.4, -0.2) is 65.5 Å². The summed E-state index contributed by atoms with van der Waals surface area (Å²) in [6.07, 6.45) is -3.29. The van der Waals surface area contributed by atoms with Gasteiger partial charge in [0.1, 0.15) is 12.6 Å². The number of halogens is 3. The van der Waals surface area contributed by atoms with Crippen molar-refractivity contribution in [2.24, 2.45) is 17.8 Å². The molecule has 0 radical (unpaired) electrons. The molecule has 10 nitrogen and oxygen atoms in total. The lowest BCUT2D eigenvalue weighted by Gasteiger charge is -2.24. The molecule has 0 aliphatic rings. The van der Waals surface area contributed by atoms with Crippen molar-refractivity contribution in [3.8, 4) is 0 Å². The molecule has 0 saturated carbocycles. The number of amides is 1. The van der Waals surface area contributed by atoms with E-state index in [4.69, 9.17) is 49.0 Å². The van der Waals surface area contributed by atoms with Crippen LogP contribution in [0.25, 0.3) is 0 Å². The van der Waals surface area contributed by atoms with Crippen LogP contribution >= 0.6 is 34.8 Å². The maximum Gasteiger partial charge on any atom is 0.347 e. The van der Waals surface area contributed by atoms with Gasteiger partial charge in [0.15, 0.2) is 6.10 Å². The number of hydrogen-bond donors (Lipinski definition) is 1. The van der Waals surface area contributed by atoms with Gasteiger partial charge in [-0.05, 0) is 12.8 Å². The fourth-order valence-corrected chi connectivity index (χ4v) is 2.42. The molecule has 0 spiro atoms. The number of esters is 4. The van der Waals surface area contributed by atoms with E-state index in [1.165, 1.54) is 6.92 Å². The molecule has 0 fully saturated rings. The SMILES string of the molecule is COC(=O)C(OC(=O)C(CC(=O)OCC(Cl)(Cl)Cl)NC(=O)C(C)OC(=O)C(C)C(C)C)C(C)C. The van der Waals surface area contributed by atoms with Crippen LogP contribution in [0, 0.1) is 17.8 Å². The van der Waals surface area contributed by atoms with E-state index in [2.05, 4.69) is 10.1 Å². The molecule has 4 atom stereocenters. The second kappa shape index (κ2) is 14.6. The lowest BCUT2D eigenvalue weighted by atomic mass is 9.98. The van der Waals surface area contributed by atoms with E-state index < -0.39 is 76.7 Å². The van der Waals surface area contributed by atoms with Crippen molar-refractivity contribution in [2.45, 2.75) is 70.0 Å². The monoisotopic (exact) mass is 547 g/mol. The van der Waals surface area contributed by atoms with E-state index in [1.807, 2.05) is 13.8 Å². The first kappa shape index (κ1) is 32.2. The first-order valence-corrected chi connectivity index (χ1v) is 11.6. The lowest BCUT2D eigenvalue weighted by molar-refractivity contribution is -0.172. The zero-order valence-electron chi connectivity index (χ0n) is 20.2. The van der Waals surface area contributed by atoms with Gasteiger partial charge in [-0.3, -0.25) is 14.4 Å². The maximum atomic E-state index is 12.8. The van der Waals surface area contributed by atoms with Gasteiger partial charge in [0.05, 0.1) is 19.4 Å². The van der Waals surface area contributed by atoms with Crippen LogP contribution in [0.2, 0.25) is 0 Å². The van der Waals surface area contributed by atoms with Crippen LogP contribution < -0.4 is 5.32 Å². The first-order chi connectivity index (χ1) is 15.5. The third-order valence-corrected chi connectivity index (χ3v) is 5.01. The van der Waals surface area contributed by atoms with Gasteiger partial charge in [-0.1, -0.05) is 69.4 Å². The summed E-state index contributed by atoms with van der Waals surface area (Å²) < 4.78 is 17.9. The third-order valence-electron chi connectivity index (χ3n) is 4.68. The van der Waals surface area contributed by atoms with Crippen LogP contribution in [0.3, 0.4) is 0 Å². The van der Waals surface area contributed by atoms with Gasteiger partial charge in [-0.2, -0.15) is 0 Å². The summed E-state index contributed by atoms with van der Waals surface area (Å²) in [6.45, 7) is 9.19. The molecule has 13 heteroatoms. The highest BCUT2D eigenvalue weighted by Crippen LogP contribution is 2.26.